The summed E-state index contributed by atoms with van der Waals surface area (Å²) in [6.07, 6.45) is 1.11. The highest BCUT2D eigenvalue weighted by atomic mass is 32.2. The van der Waals surface area contributed by atoms with Crippen molar-refractivity contribution in [2.45, 2.75) is 11.4 Å². The minimum Gasteiger partial charge on any atom is -0.508 e. The molecular formula is C15H15NO4S. The first-order valence-corrected chi connectivity index (χ1v) is 8.12. The van der Waals surface area contributed by atoms with E-state index in [1.807, 2.05) is 0 Å². The van der Waals surface area contributed by atoms with Gasteiger partial charge in [-0.05, 0) is 30.3 Å². The van der Waals surface area contributed by atoms with Crippen molar-refractivity contribution in [3.8, 4) is 5.75 Å². The number of amides is 1. The number of aromatic hydroxyl groups is 1. The molecule has 0 aliphatic carbocycles. The molecule has 110 valence electrons. The Morgan fingerprint density at radius 1 is 1.10 bits per heavy atom. The number of phenolic OH excluding ortho intramolecular Hbond substituents is 1. The molecule has 0 aromatic heterocycles. The molecule has 0 atom stereocenters. The van der Waals surface area contributed by atoms with Crippen molar-refractivity contribution in [3.63, 3.8) is 0 Å². The lowest BCUT2D eigenvalue weighted by Gasteiger charge is -2.07. The molecule has 2 aromatic carbocycles. The maximum Gasteiger partial charge on any atom is 0.251 e. The molecule has 0 aliphatic heterocycles. The number of benzene rings is 2. The zero-order chi connectivity index (χ0) is 15.5. The Morgan fingerprint density at radius 2 is 1.71 bits per heavy atom. The number of rotatable bonds is 4. The predicted molar refractivity (Wildman–Crippen MR) is 78.8 cm³/mol. The molecule has 0 saturated heterocycles. The molecule has 0 radical (unpaired) electrons. The van der Waals surface area contributed by atoms with E-state index >= 15 is 0 Å². The van der Waals surface area contributed by atoms with E-state index in [0.29, 0.717) is 11.1 Å². The van der Waals surface area contributed by atoms with Gasteiger partial charge in [-0.2, -0.15) is 0 Å². The van der Waals surface area contributed by atoms with Gasteiger partial charge in [-0.1, -0.05) is 18.2 Å². The number of hydrogen-bond donors (Lipinski definition) is 2. The Morgan fingerprint density at radius 3 is 2.29 bits per heavy atom. The van der Waals surface area contributed by atoms with Crippen LogP contribution in [0.2, 0.25) is 0 Å². The fraction of sp³-hybridized carbons (Fsp3) is 0.133. The van der Waals surface area contributed by atoms with Crippen molar-refractivity contribution in [1.29, 1.82) is 0 Å². The summed E-state index contributed by atoms with van der Waals surface area (Å²) in [5, 5.41) is 12.3. The normalized spacial score (nSPS) is 11.1. The number of carbonyl (C=O) groups is 1. The van der Waals surface area contributed by atoms with Crippen LogP contribution in [-0.4, -0.2) is 25.7 Å². The van der Waals surface area contributed by atoms with Crippen LogP contribution in [0, 0.1) is 0 Å². The monoisotopic (exact) mass is 305 g/mol. The highest BCUT2D eigenvalue weighted by Gasteiger charge is 2.10. The van der Waals surface area contributed by atoms with Gasteiger partial charge < -0.3 is 10.4 Å². The fourth-order valence-electron chi connectivity index (χ4n) is 1.79. The molecule has 0 bridgehead atoms. The summed E-state index contributed by atoms with van der Waals surface area (Å²) in [6.45, 7) is 0.194. The van der Waals surface area contributed by atoms with Crippen LogP contribution in [0.25, 0.3) is 0 Å². The van der Waals surface area contributed by atoms with Gasteiger partial charge in [0.1, 0.15) is 5.75 Å². The van der Waals surface area contributed by atoms with E-state index in [1.165, 1.54) is 24.3 Å². The van der Waals surface area contributed by atoms with Crippen LogP contribution >= 0.6 is 0 Å². The number of phenols is 1. The average molecular weight is 305 g/mol. The number of sulfone groups is 1. The number of para-hydroxylation sites is 1. The van der Waals surface area contributed by atoms with Crippen LogP contribution in [0.15, 0.2) is 53.4 Å². The van der Waals surface area contributed by atoms with Gasteiger partial charge in [0.2, 0.25) is 0 Å². The Balaban J connectivity index is 2.06. The largest absolute Gasteiger partial charge is 0.508 e. The summed E-state index contributed by atoms with van der Waals surface area (Å²) in [5.74, 6) is -0.219. The van der Waals surface area contributed by atoms with Crippen LogP contribution in [0.1, 0.15) is 15.9 Å². The topological polar surface area (TPSA) is 83.5 Å². The van der Waals surface area contributed by atoms with Crippen LogP contribution in [-0.2, 0) is 16.4 Å². The summed E-state index contributed by atoms with van der Waals surface area (Å²) < 4.78 is 22.7. The SMILES string of the molecule is CS(=O)(=O)c1ccc(C(=O)NCc2ccccc2O)cc1. The van der Waals surface area contributed by atoms with Crippen LogP contribution in [0.5, 0.6) is 5.75 Å². The average Bonchev–Trinajstić information content (AvgIpc) is 2.45. The van der Waals surface area contributed by atoms with E-state index in [1.54, 1.807) is 24.3 Å². The molecule has 0 unspecified atom stereocenters. The Kier molecular flexibility index (Phi) is 4.28. The van der Waals surface area contributed by atoms with Crippen LogP contribution in [0.4, 0.5) is 0 Å². The predicted octanol–water partition coefficient (Wildman–Crippen LogP) is 1.73. The van der Waals surface area contributed by atoms with E-state index in [4.69, 9.17) is 0 Å². The van der Waals surface area contributed by atoms with Gasteiger partial charge in [-0.3, -0.25) is 4.79 Å². The van der Waals surface area contributed by atoms with Crippen molar-refractivity contribution in [2.75, 3.05) is 6.26 Å². The highest BCUT2D eigenvalue weighted by molar-refractivity contribution is 7.90. The molecule has 0 aliphatic rings. The Hall–Kier alpha value is -2.34. The third kappa shape index (κ3) is 3.82. The molecule has 0 fully saturated rings. The summed E-state index contributed by atoms with van der Waals surface area (Å²) in [5.41, 5.74) is 0.969. The minimum absolute atomic E-state index is 0.116. The van der Waals surface area contributed by atoms with Gasteiger partial charge in [0.25, 0.3) is 5.91 Å². The first kappa shape index (κ1) is 15.1. The van der Waals surface area contributed by atoms with Crippen molar-refractivity contribution < 1.29 is 18.3 Å². The molecule has 1 amide bonds. The summed E-state index contributed by atoms with van der Waals surface area (Å²) in [4.78, 5) is 12.1. The first-order valence-electron chi connectivity index (χ1n) is 6.23. The van der Waals surface area contributed by atoms with Gasteiger partial charge >= 0.3 is 0 Å². The van der Waals surface area contributed by atoms with Gasteiger partial charge in [-0.25, -0.2) is 8.42 Å². The summed E-state index contributed by atoms with van der Waals surface area (Å²) in [7, 11) is -3.27. The third-order valence-corrected chi connectivity index (χ3v) is 4.10. The lowest BCUT2D eigenvalue weighted by atomic mass is 10.2. The van der Waals surface area contributed by atoms with Crippen molar-refractivity contribution >= 4 is 15.7 Å². The van der Waals surface area contributed by atoms with Gasteiger partial charge in [-0.15, -0.1) is 0 Å². The van der Waals surface area contributed by atoms with Crippen molar-refractivity contribution in [2.24, 2.45) is 0 Å². The van der Waals surface area contributed by atoms with Crippen LogP contribution in [0.3, 0.4) is 0 Å². The number of carbonyl (C=O) groups excluding carboxylic acids is 1. The molecule has 2 aromatic rings. The molecule has 6 heteroatoms. The third-order valence-electron chi connectivity index (χ3n) is 2.98. The molecule has 0 saturated carbocycles. The quantitative estimate of drug-likeness (QED) is 0.901. The van der Waals surface area contributed by atoms with Gasteiger partial charge in [0, 0.05) is 23.9 Å². The second-order valence-corrected chi connectivity index (χ2v) is 6.62. The molecule has 2 rings (SSSR count). The first-order chi connectivity index (χ1) is 9.88. The molecule has 0 spiro atoms. The standard InChI is InChI=1S/C15H15NO4S/c1-21(19,20)13-8-6-11(7-9-13)15(18)16-10-12-4-2-3-5-14(12)17/h2-9,17H,10H2,1H3,(H,16,18). The van der Waals surface area contributed by atoms with E-state index in [9.17, 15) is 18.3 Å². The smallest absolute Gasteiger partial charge is 0.251 e. The van der Waals surface area contributed by atoms with E-state index in [2.05, 4.69) is 5.32 Å². The zero-order valence-electron chi connectivity index (χ0n) is 11.4. The lowest BCUT2D eigenvalue weighted by Crippen LogP contribution is -2.22. The highest BCUT2D eigenvalue weighted by Crippen LogP contribution is 2.15. The number of nitrogens with one attached hydrogen (secondary N) is 1. The molecule has 21 heavy (non-hydrogen) atoms. The van der Waals surface area contributed by atoms with Gasteiger partial charge in [0.05, 0.1) is 4.90 Å². The summed E-state index contributed by atoms with van der Waals surface area (Å²) in [6, 6.07) is 12.4. The minimum atomic E-state index is -3.27. The van der Waals surface area contributed by atoms with E-state index in [-0.39, 0.29) is 23.1 Å². The maximum absolute atomic E-state index is 11.9. The number of hydrogen-bond acceptors (Lipinski definition) is 4. The van der Waals surface area contributed by atoms with E-state index < -0.39 is 9.84 Å². The van der Waals surface area contributed by atoms with E-state index in [0.717, 1.165) is 6.26 Å². The van der Waals surface area contributed by atoms with Crippen molar-refractivity contribution in [3.05, 3.63) is 59.7 Å². The zero-order valence-corrected chi connectivity index (χ0v) is 12.2. The lowest BCUT2D eigenvalue weighted by molar-refractivity contribution is 0.0950. The Labute approximate surface area is 123 Å². The summed E-state index contributed by atoms with van der Waals surface area (Å²) >= 11 is 0. The molecule has 5 nitrogen and oxygen atoms in total. The molecule has 0 heterocycles. The second kappa shape index (κ2) is 5.97. The van der Waals surface area contributed by atoms with Crippen LogP contribution < -0.4 is 5.32 Å². The molecular weight excluding hydrogens is 290 g/mol. The van der Waals surface area contributed by atoms with Gasteiger partial charge in [0.15, 0.2) is 9.84 Å². The fourth-order valence-corrected chi connectivity index (χ4v) is 2.42. The Bertz CT molecular complexity index is 751. The maximum atomic E-state index is 11.9. The van der Waals surface area contributed by atoms with Crippen molar-refractivity contribution in [1.82, 2.24) is 5.32 Å². The molecule has 2 N–H and O–H groups in total. The second-order valence-electron chi connectivity index (χ2n) is 4.61.